The number of hydrogen-bond acceptors (Lipinski definition) is 2. The van der Waals surface area contributed by atoms with Gasteiger partial charge in [-0.25, -0.2) is 0 Å². The Morgan fingerprint density at radius 1 is 1.11 bits per heavy atom. The number of nitrogens with one attached hydrogen (secondary N) is 2. The third kappa shape index (κ3) is 5.28. The number of halogens is 2. The van der Waals surface area contributed by atoms with Gasteiger partial charge in [-0.05, 0) is 67.7 Å². The SMILES string of the molecule is COc1ccc(NC(=S)NC2(CCc3ccccc3Cl)CCCC2)cc1Cl. The van der Waals surface area contributed by atoms with Gasteiger partial charge >= 0.3 is 0 Å². The van der Waals surface area contributed by atoms with Crippen molar-refractivity contribution in [2.75, 3.05) is 12.4 Å². The summed E-state index contributed by atoms with van der Waals surface area (Å²) in [6.45, 7) is 0. The minimum absolute atomic E-state index is 0.0134. The van der Waals surface area contributed by atoms with Gasteiger partial charge in [0.05, 0.1) is 12.1 Å². The molecule has 2 N–H and O–H groups in total. The first kappa shape index (κ1) is 20.2. The Labute approximate surface area is 176 Å². The Bertz CT molecular complexity index is 807. The fourth-order valence-electron chi connectivity index (χ4n) is 3.71. The number of benzene rings is 2. The molecule has 3 rings (SSSR count). The van der Waals surface area contributed by atoms with Gasteiger partial charge in [0, 0.05) is 16.2 Å². The number of anilines is 1. The van der Waals surface area contributed by atoms with E-state index >= 15 is 0 Å². The van der Waals surface area contributed by atoms with E-state index in [4.69, 9.17) is 40.2 Å². The lowest BCUT2D eigenvalue weighted by Gasteiger charge is -2.32. The molecular formula is C21H24Cl2N2OS. The van der Waals surface area contributed by atoms with Crippen LogP contribution < -0.4 is 15.4 Å². The van der Waals surface area contributed by atoms with Crippen LogP contribution in [-0.4, -0.2) is 17.8 Å². The molecule has 1 fully saturated rings. The average Bonchev–Trinajstić information content (AvgIpc) is 3.09. The van der Waals surface area contributed by atoms with Crippen molar-refractivity contribution in [3.63, 3.8) is 0 Å². The summed E-state index contributed by atoms with van der Waals surface area (Å²) in [6.07, 6.45) is 6.59. The Kier molecular flexibility index (Phi) is 6.85. The van der Waals surface area contributed by atoms with Gasteiger partial charge in [-0.1, -0.05) is 54.2 Å². The number of thiocarbonyl (C=S) groups is 1. The number of methoxy groups -OCH3 is 1. The van der Waals surface area contributed by atoms with Gasteiger partial charge in [-0.15, -0.1) is 0 Å². The highest BCUT2D eigenvalue weighted by atomic mass is 35.5. The van der Waals surface area contributed by atoms with Crippen LogP contribution >= 0.6 is 35.4 Å². The second-order valence-corrected chi connectivity index (χ2v) is 8.23. The summed E-state index contributed by atoms with van der Waals surface area (Å²) in [7, 11) is 1.60. The molecule has 0 aromatic heterocycles. The maximum atomic E-state index is 6.33. The average molecular weight is 423 g/mol. The Morgan fingerprint density at radius 3 is 2.52 bits per heavy atom. The van der Waals surface area contributed by atoms with E-state index in [0.717, 1.165) is 36.4 Å². The monoisotopic (exact) mass is 422 g/mol. The van der Waals surface area contributed by atoms with Gasteiger partial charge in [0.25, 0.3) is 0 Å². The summed E-state index contributed by atoms with van der Waals surface area (Å²) in [4.78, 5) is 0. The van der Waals surface area contributed by atoms with E-state index in [9.17, 15) is 0 Å². The molecule has 1 saturated carbocycles. The van der Waals surface area contributed by atoms with E-state index in [1.54, 1.807) is 7.11 Å². The third-order valence-electron chi connectivity index (χ3n) is 5.18. The zero-order valence-corrected chi connectivity index (χ0v) is 17.7. The van der Waals surface area contributed by atoms with Crippen LogP contribution in [-0.2, 0) is 6.42 Å². The molecule has 0 aliphatic heterocycles. The Morgan fingerprint density at radius 2 is 1.85 bits per heavy atom. The minimum Gasteiger partial charge on any atom is -0.495 e. The van der Waals surface area contributed by atoms with E-state index in [2.05, 4.69) is 16.7 Å². The standard InChI is InChI=1S/C21H24Cl2N2OS/c1-26-19-9-8-16(14-18(19)23)24-20(27)25-21(11-4-5-12-21)13-10-15-6-2-3-7-17(15)22/h2-3,6-9,14H,4-5,10-13H2,1H3,(H2,24,25,27). The largest absolute Gasteiger partial charge is 0.495 e. The Hall–Kier alpha value is -1.49. The lowest BCUT2D eigenvalue weighted by molar-refractivity contribution is 0.362. The number of rotatable bonds is 6. The predicted molar refractivity (Wildman–Crippen MR) is 118 cm³/mol. The highest BCUT2D eigenvalue weighted by Crippen LogP contribution is 2.35. The summed E-state index contributed by atoms with van der Waals surface area (Å²) < 4.78 is 5.19. The normalized spacial score (nSPS) is 15.4. The van der Waals surface area contributed by atoms with Crippen LogP contribution in [0.4, 0.5) is 5.69 Å². The molecule has 1 aliphatic carbocycles. The molecule has 0 saturated heterocycles. The van der Waals surface area contributed by atoms with Crippen molar-refractivity contribution in [1.29, 1.82) is 0 Å². The fourth-order valence-corrected chi connectivity index (χ4v) is 4.53. The van der Waals surface area contributed by atoms with Crippen molar-refractivity contribution in [1.82, 2.24) is 5.32 Å². The highest BCUT2D eigenvalue weighted by molar-refractivity contribution is 7.80. The van der Waals surface area contributed by atoms with Crippen LogP contribution in [0.1, 0.15) is 37.7 Å². The van der Waals surface area contributed by atoms with Crippen LogP contribution in [0.3, 0.4) is 0 Å². The molecule has 27 heavy (non-hydrogen) atoms. The first-order valence-electron chi connectivity index (χ1n) is 9.17. The van der Waals surface area contributed by atoms with Crippen molar-refractivity contribution < 1.29 is 4.74 Å². The van der Waals surface area contributed by atoms with Crippen LogP contribution in [0, 0.1) is 0 Å². The maximum absolute atomic E-state index is 6.33. The van der Waals surface area contributed by atoms with Crippen molar-refractivity contribution >= 4 is 46.2 Å². The van der Waals surface area contributed by atoms with Crippen molar-refractivity contribution in [2.45, 2.75) is 44.1 Å². The van der Waals surface area contributed by atoms with E-state index in [0.29, 0.717) is 15.9 Å². The molecule has 0 heterocycles. The maximum Gasteiger partial charge on any atom is 0.171 e. The molecule has 0 atom stereocenters. The number of aryl methyl sites for hydroxylation is 1. The molecule has 2 aromatic rings. The number of ether oxygens (including phenoxy) is 1. The van der Waals surface area contributed by atoms with E-state index in [1.807, 2.05) is 36.4 Å². The Balaban J connectivity index is 1.64. The first-order valence-corrected chi connectivity index (χ1v) is 10.3. The van der Waals surface area contributed by atoms with Crippen LogP contribution in [0.15, 0.2) is 42.5 Å². The predicted octanol–water partition coefficient (Wildman–Crippen LogP) is 6.23. The molecule has 0 radical (unpaired) electrons. The minimum atomic E-state index is 0.0134. The topological polar surface area (TPSA) is 33.3 Å². The molecule has 6 heteroatoms. The van der Waals surface area contributed by atoms with Crippen LogP contribution in [0.25, 0.3) is 0 Å². The molecule has 1 aliphatic rings. The summed E-state index contributed by atoms with van der Waals surface area (Å²) in [5.74, 6) is 0.646. The van der Waals surface area contributed by atoms with E-state index in [-0.39, 0.29) is 5.54 Å². The lowest BCUT2D eigenvalue weighted by Crippen LogP contribution is -2.48. The van der Waals surface area contributed by atoms with Gasteiger partial charge in [-0.2, -0.15) is 0 Å². The smallest absolute Gasteiger partial charge is 0.171 e. The fraction of sp³-hybridized carbons (Fsp3) is 0.381. The van der Waals surface area contributed by atoms with Crippen molar-refractivity contribution in [3.8, 4) is 5.75 Å². The third-order valence-corrected chi connectivity index (χ3v) is 6.05. The van der Waals surface area contributed by atoms with Crippen LogP contribution in [0.2, 0.25) is 10.0 Å². The summed E-state index contributed by atoms with van der Waals surface area (Å²) >= 11 is 18.1. The molecule has 2 aromatic carbocycles. The molecular weight excluding hydrogens is 399 g/mol. The second kappa shape index (κ2) is 9.13. The quantitative estimate of drug-likeness (QED) is 0.540. The van der Waals surface area contributed by atoms with Crippen LogP contribution in [0.5, 0.6) is 5.75 Å². The summed E-state index contributed by atoms with van der Waals surface area (Å²) in [6, 6.07) is 13.6. The molecule has 0 unspecified atom stereocenters. The van der Waals surface area contributed by atoms with Gasteiger partial charge in [0.15, 0.2) is 5.11 Å². The van der Waals surface area contributed by atoms with E-state index in [1.165, 1.54) is 18.4 Å². The number of hydrogen-bond donors (Lipinski definition) is 2. The van der Waals surface area contributed by atoms with E-state index < -0.39 is 0 Å². The van der Waals surface area contributed by atoms with Crippen molar-refractivity contribution in [2.24, 2.45) is 0 Å². The zero-order valence-electron chi connectivity index (χ0n) is 15.4. The summed E-state index contributed by atoms with van der Waals surface area (Å²) in [5, 5.41) is 8.84. The summed E-state index contributed by atoms with van der Waals surface area (Å²) in [5.41, 5.74) is 2.05. The molecule has 0 amide bonds. The zero-order chi connectivity index (χ0) is 19.3. The van der Waals surface area contributed by atoms with Gasteiger partial charge in [-0.3, -0.25) is 0 Å². The second-order valence-electron chi connectivity index (χ2n) is 7.01. The van der Waals surface area contributed by atoms with Crippen molar-refractivity contribution in [3.05, 3.63) is 58.1 Å². The molecule has 0 spiro atoms. The first-order chi connectivity index (χ1) is 13.0. The molecule has 3 nitrogen and oxygen atoms in total. The molecule has 144 valence electrons. The lowest BCUT2D eigenvalue weighted by atomic mass is 9.89. The van der Waals surface area contributed by atoms with Gasteiger partial charge in [0.1, 0.15) is 5.75 Å². The molecule has 0 bridgehead atoms. The highest BCUT2D eigenvalue weighted by Gasteiger charge is 2.34. The van der Waals surface area contributed by atoms with Gasteiger partial charge < -0.3 is 15.4 Å². The van der Waals surface area contributed by atoms with Gasteiger partial charge in [0.2, 0.25) is 0 Å².